The SMILES string of the molecule is NCCc1nc(C(=O)NC2(c3ccc(Cl)cc3)CCCC2)cs1. The number of hydrogen-bond acceptors (Lipinski definition) is 4. The molecule has 0 unspecified atom stereocenters. The molecule has 0 atom stereocenters. The predicted molar refractivity (Wildman–Crippen MR) is 93.9 cm³/mol. The molecule has 6 heteroatoms. The Morgan fingerprint density at radius 2 is 2.00 bits per heavy atom. The minimum atomic E-state index is -0.306. The van der Waals surface area contributed by atoms with Crippen molar-refractivity contribution in [3.8, 4) is 0 Å². The van der Waals surface area contributed by atoms with Crippen molar-refractivity contribution in [1.29, 1.82) is 0 Å². The average molecular weight is 350 g/mol. The fourth-order valence-electron chi connectivity index (χ4n) is 3.17. The number of hydrogen-bond donors (Lipinski definition) is 2. The van der Waals surface area contributed by atoms with E-state index in [0.29, 0.717) is 23.7 Å². The van der Waals surface area contributed by atoms with Crippen molar-refractivity contribution in [3.05, 3.63) is 50.9 Å². The molecule has 1 saturated carbocycles. The zero-order chi connectivity index (χ0) is 16.3. The number of benzene rings is 1. The summed E-state index contributed by atoms with van der Waals surface area (Å²) in [6.07, 6.45) is 4.82. The number of nitrogens with one attached hydrogen (secondary N) is 1. The van der Waals surface area contributed by atoms with Gasteiger partial charge in [-0.05, 0) is 37.1 Å². The van der Waals surface area contributed by atoms with Gasteiger partial charge in [-0.25, -0.2) is 4.98 Å². The van der Waals surface area contributed by atoms with Gasteiger partial charge in [0.1, 0.15) is 5.69 Å². The molecule has 0 spiro atoms. The van der Waals surface area contributed by atoms with Crippen LogP contribution >= 0.6 is 22.9 Å². The molecule has 1 aliphatic carbocycles. The van der Waals surface area contributed by atoms with Crippen LogP contribution in [-0.2, 0) is 12.0 Å². The summed E-state index contributed by atoms with van der Waals surface area (Å²) in [7, 11) is 0. The van der Waals surface area contributed by atoms with Gasteiger partial charge in [-0.3, -0.25) is 4.79 Å². The maximum absolute atomic E-state index is 12.6. The summed E-state index contributed by atoms with van der Waals surface area (Å²) in [6, 6.07) is 7.78. The highest BCUT2D eigenvalue weighted by atomic mass is 35.5. The molecule has 0 saturated heterocycles. The van der Waals surface area contributed by atoms with E-state index >= 15 is 0 Å². The van der Waals surface area contributed by atoms with E-state index in [2.05, 4.69) is 10.3 Å². The number of thiazole rings is 1. The monoisotopic (exact) mass is 349 g/mol. The fourth-order valence-corrected chi connectivity index (χ4v) is 4.09. The summed E-state index contributed by atoms with van der Waals surface area (Å²) >= 11 is 7.48. The Bertz CT molecular complexity index is 677. The van der Waals surface area contributed by atoms with Crippen LogP contribution in [0.4, 0.5) is 0 Å². The number of aromatic nitrogens is 1. The van der Waals surface area contributed by atoms with Crippen molar-refractivity contribution in [2.24, 2.45) is 5.73 Å². The van der Waals surface area contributed by atoms with Gasteiger partial charge < -0.3 is 11.1 Å². The first-order valence-electron chi connectivity index (χ1n) is 7.86. The summed E-state index contributed by atoms with van der Waals surface area (Å²) in [5.74, 6) is -0.110. The molecule has 3 rings (SSSR count). The van der Waals surface area contributed by atoms with Crippen LogP contribution in [0, 0.1) is 0 Å². The Morgan fingerprint density at radius 3 is 2.65 bits per heavy atom. The molecule has 2 aromatic rings. The van der Waals surface area contributed by atoms with Crippen molar-refractivity contribution in [3.63, 3.8) is 0 Å². The maximum atomic E-state index is 12.6. The molecule has 1 aromatic heterocycles. The summed E-state index contributed by atoms with van der Waals surface area (Å²) < 4.78 is 0. The van der Waals surface area contributed by atoms with E-state index in [1.165, 1.54) is 11.3 Å². The lowest BCUT2D eigenvalue weighted by molar-refractivity contribution is 0.0893. The van der Waals surface area contributed by atoms with E-state index < -0.39 is 0 Å². The molecule has 1 amide bonds. The van der Waals surface area contributed by atoms with Crippen LogP contribution in [0.5, 0.6) is 0 Å². The van der Waals surface area contributed by atoms with Crippen LogP contribution < -0.4 is 11.1 Å². The molecule has 0 radical (unpaired) electrons. The van der Waals surface area contributed by atoms with Gasteiger partial charge >= 0.3 is 0 Å². The standard InChI is InChI=1S/C17H20ClN3OS/c18-13-5-3-12(4-6-13)17(8-1-2-9-17)21-16(22)14-11-23-15(20-14)7-10-19/h3-6,11H,1-2,7-10,19H2,(H,21,22). The zero-order valence-corrected chi connectivity index (χ0v) is 14.4. The summed E-state index contributed by atoms with van der Waals surface area (Å²) in [5, 5.41) is 6.66. The third-order valence-electron chi connectivity index (χ3n) is 4.35. The van der Waals surface area contributed by atoms with Gasteiger partial charge in [-0.15, -0.1) is 11.3 Å². The van der Waals surface area contributed by atoms with Gasteiger partial charge in [-0.1, -0.05) is 36.6 Å². The minimum Gasteiger partial charge on any atom is -0.341 e. The van der Waals surface area contributed by atoms with Gasteiger partial charge in [0.25, 0.3) is 5.91 Å². The zero-order valence-electron chi connectivity index (χ0n) is 12.8. The molecular weight excluding hydrogens is 330 g/mol. The molecule has 1 heterocycles. The Morgan fingerprint density at radius 1 is 1.30 bits per heavy atom. The van der Waals surface area contributed by atoms with E-state index in [1.54, 1.807) is 0 Å². The number of nitrogens with two attached hydrogens (primary N) is 1. The van der Waals surface area contributed by atoms with Gasteiger partial charge in [-0.2, -0.15) is 0 Å². The third kappa shape index (κ3) is 3.57. The van der Waals surface area contributed by atoms with Crippen LogP contribution in [0.3, 0.4) is 0 Å². The van der Waals surface area contributed by atoms with Crippen molar-refractivity contribution in [2.75, 3.05) is 6.54 Å². The third-order valence-corrected chi connectivity index (χ3v) is 5.51. The topological polar surface area (TPSA) is 68.0 Å². The second-order valence-corrected chi connectivity index (χ2v) is 7.29. The largest absolute Gasteiger partial charge is 0.341 e. The Labute approximate surface area is 145 Å². The highest BCUT2D eigenvalue weighted by molar-refractivity contribution is 7.09. The van der Waals surface area contributed by atoms with E-state index in [4.69, 9.17) is 17.3 Å². The molecule has 3 N–H and O–H groups in total. The van der Waals surface area contributed by atoms with Crippen LogP contribution in [0.25, 0.3) is 0 Å². The van der Waals surface area contributed by atoms with Crippen molar-refractivity contribution in [1.82, 2.24) is 10.3 Å². The summed E-state index contributed by atoms with van der Waals surface area (Å²) in [4.78, 5) is 17.0. The predicted octanol–water partition coefficient (Wildman–Crippen LogP) is 3.50. The molecule has 0 aliphatic heterocycles. The average Bonchev–Trinajstić information content (AvgIpc) is 3.18. The first-order valence-corrected chi connectivity index (χ1v) is 9.12. The van der Waals surface area contributed by atoms with Gasteiger partial charge in [0, 0.05) is 16.8 Å². The van der Waals surface area contributed by atoms with Crippen molar-refractivity contribution < 1.29 is 4.79 Å². The van der Waals surface area contributed by atoms with Crippen molar-refractivity contribution in [2.45, 2.75) is 37.6 Å². The molecule has 1 aromatic carbocycles. The second-order valence-electron chi connectivity index (χ2n) is 5.92. The molecule has 122 valence electrons. The van der Waals surface area contributed by atoms with E-state index in [9.17, 15) is 4.79 Å². The van der Waals surface area contributed by atoms with Gasteiger partial charge in [0.2, 0.25) is 0 Å². The van der Waals surface area contributed by atoms with Crippen LogP contribution in [0.15, 0.2) is 29.6 Å². The lowest BCUT2D eigenvalue weighted by Gasteiger charge is -2.31. The summed E-state index contributed by atoms with van der Waals surface area (Å²) in [6.45, 7) is 0.545. The number of rotatable bonds is 5. The van der Waals surface area contributed by atoms with Crippen LogP contribution in [0.1, 0.15) is 46.7 Å². The lowest BCUT2D eigenvalue weighted by Crippen LogP contribution is -2.43. The maximum Gasteiger partial charge on any atom is 0.271 e. The van der Waals surface area contributed by atoms with Crippen molar-refractivity contribution >= 4 is 28.8 Å². The van der Waals surface area contributed by atoms with E-state index in [-0.39, 0.29) is 11.4 Å². The molecule has 0 bridgehead atoms. The Hall–Kier alpha value is -1.43. The molecule has 4 nitrogen and oxygen atoms in total. The van der Waals surface area contributed by atoms with E-state index in [0.717, 1.165) is 36.3 Å². The fraction of sp³-hybridized carbons (Fsp3) is 0.412. The molecule has 23 heavy (non-hydrogen) atoms. The molecule has 1 aliphatic rings. The minimum absolute atomic E-state index is 0.110. The smallest absolute Gasteiger partial charge is 0.271 e. The molecule has 1 fully saturated rings. The number of halogens is 1. The first kappa shape index (κ1) is 16.4. The Kier molecular flexibility index (Phi) is 4.99. The highest BCUT2D eigenvalue weighted by Gasteiger charge is 2.37. The van der Waals surface area contributed by atoms with Gasteiger partial charge in [0.05, 0.1) is 10.5 Å². The number of amides is 1. The number of nitrogens with zero attached hydrogens (tertiary/aromatic N) is 1. The van der Waals surface area contributed by atoms with E-state index in [1.807, 2.05) is 29.6 Å². The second kappa shape index (κ2) is 6.99. The number of carbonyl (C=O) groups excluding carboxylic acids is 1. The van der Waals surface area contributed by atoms with Gasteiger partial charge in [0.15, 0.2) is 0 Å². The van der Waals surface area contributed by atoms with Crippen LogP contribution in [0.2, 0.25) is 5.02 Å². The normalized spacial score (nSPS) is 16.4. The summed E-state index contributed by atoms with van der Waals surface area (Å²) in [5.41, 5.74) is 6.84. The number of carbonyl (C=O) groups is 1. The highest BCUT2D eigenvalue weighted by Crippen LogP contribution is 2.39. The quantitative estimate of drug-likeness (QED) is 0.868. The van der Waals surface area contributed by atoms with Crippen LogP contribution in [-0.4, -0.2) is 17.4 Å². The lowest BCUT2D eigenvalue weighted by atomic mass is 9.88. The molecular formula is C17H20ClN3OS. The first-order chi connectivity index (χ1) is 11.1. The Balaban J connectivity index is 1.81.